The van der Waals surface area contributed by atoms with Crippen LogP contribution in [-0.2, 0) is 20.9 Å². The van der Waals surface area contributed by atoms with E-state index in [1.165, 1.54) is 0 Å². The normalized spacial score (nSPS) is 13.6. The zero-order valence-electron chi connectivity index (χ0n) is 10.3. The number of amides is 1. The van der Waals surface area contributed by atoms with E-state index in [1.54, 1.807) is 6.92 Å². The molecule has 2 N–H and O–H groups in total. The monoisotopic (exact) mass is 251 g/mol. The fourth-order valence-corrected chi connectivity index (χ4v) is 1.57. The second-order valence-electron chi connectivity index (χ2n) is 4.29. The van der Waals surface area contributed by atoms with Crippen molar-refractivity contribution in [3.8, 4) is 0 Å². The molecule has 5 nitrogen and oxygen atoms in total. The molecule has 18 heavy (non-hydrogen) atoms. The van der Waals surface area contributed by atoms with Gasteiger partial charge in [-0.1, -0.05) is 30.3 Å². The molecule has 0 aliphatic carbocycles. The van der Waals surface area contributed by atoms with E-state index in [0.717, 1.165) is 5.56 Å². The molecule has 1 unspecified atom stereocenters. The maximum absolute atomic E-state index is 10.8. The summed E-state index contributed by atoms with van der Waals surface area (Å²) in [5.41, 5.74) is 0.0444. The lowest BCUT2D eigenvalue weighted by atomic mass is 10.0. The van der Waals surface area contributed by atoms with Crippen LogP contribution in [-0.4, -0.2) is 29.6 Å². The van der Waals surface area contributed by atoms with Crippen molar-refractivity contribution < 1.29 is 19.4 Å². The molecule has 0 aliphatic rings. The second kappa shape index (κ2) is 6.76. The van der Waals surface area contributed by atoms with Crippen molar-refractivity contribution in [1.29, 1.82) is 0 Å². The Labute approximate surface area is 106 Å². The summed E-state index contributed by atoms with van der Waals surface area (Å²) in [5, 5.41) is 11.3. The summed E-state index contributed by atoms with van der Waals surface area (Å²) in [6.07, 6.45) is 0.368. The Morgan fingerprint density at radius 3 is 2.67 bits per heavy atom. The van der Waals surface area contributed by atoms with E-state index in [4.69, 9.17) is 9.84 Å². The number of hydrogen-bond donors (Lipinski definition) is 2. The number of carbonyl (C=O) groups is 2. The first-order valence-corrected chi connectivity index (χ1v) is 5.62. The van der Waals surface area contributed by atoms with E-state index in [1.807, 2.05) is 30.3 Å². The zero-order valence-corrected chi connectivity index (χ0v) is 10.3. The Balaban J connectivity index is 2.60. The van der Waals surface area contributed by atoms with Gasteiger partial charge in [0.1, 0.15) is 0 Å². The van der Waals surface area contributed by atoms with Crippen molar-refractivity contribution in [2.24, 2.45) is 0 Å². The first kappa shape index (κ1) is 14.2. The molecule has 5 heteroatoms. The molecular weight excluding hydrogens is 234 g/mol. The largest absolute Gasteiger partial charge is 0.481 e. The first-order chi connectivity index (χ1) is 8.56. The van der Waals surface area contributed by atoms with Crippen molar-refractivity contribution in [2.75, 3.05) is 6.54 Å². The van der Waals surface area contributed by atoms with Gasteiger partial charge in [-0.25, -0.2) is 0 Å². The average molecular weight is 251 g/mol. The van der Waals surface area contributed by atoms with Crippen LogP contribution in [0, 0.1) is 0 Å². The molecule has 1 aromatic carbocycles. The fourth-order valence-electron chi connectivity index (χ4n) is 1.57. The maximum atomic E-state index is 10.8. The topological polar surface area (TPSA) is 75.6 Å². The molecule has 98 valence electrons. The Morgan fingerprint density at radius 2 is 2.11 bits per heavy atom. The van der Waals surface area contributed by atoms with Gasteiger partial charge in [0.05, 0.1) is 18.6 Å². The molecule has 0 saturated heterocycles. The number of rotatable bonds is 8. The number of carbonyl (C=O) groups excluding carboxylic acids is 1. The van der Waals surface area contributed by atoms with Crippen LogP contribution in [0.1, 0.15) is 18.9 Å². The van der Waals surface area contributed by atoms with Crippen LogP contribution in [0.5, 0.6) is 0 Å². The highest BCUT2D eigenvalue weighted by Crippen LogP contribution is 2.17. The van der Waals surface area contributed by atoms with Crippen LogP contribution in [0.25, 0.3) is 0 Å². The standard InChI is InChI=1S/C13H17NO4/c1-13(7-12(16)17,9-14-10-15)18-8-11-5-3-2-4-6-11/h2-6,10H,7-9H2,1H3,(H,14,15)(H,16,17). The number of aliphatic carboxylic acids is 1. The summed E-state index contributed by atoms with van der Waals surface area (Å²) < 4.78 is 5.63. The van der Waals surface area contributed by atoms with Gasteiger partial charge in [0.2, 0.25) is 6.41 Å². The number of ether oxygens (including phenoxy) is 1. The molecule has 0 heterocycles. The predicted octanol–water partition coefficient (Wildman–Crippen LogP) is 1.18. The molecule has 0 fully saturated rings. The van der Waals surface area contributed by atoms with Gasteiger partial charge in [-0.05, 0) is 12.5 Å². The Hall–Kier alpha value is -1.88. The van der Waals surface area contributed by atoms with Crippen LogP contribution in [0.2, 0.25) is 0 Å². The van der Waals surface area contributed by atoms with Crippen LogP contribution < -0.4 is 5.32 Å². The van der Waals surface area contributed by atoms with Gasteiger partial charge in [-0.3, -0.25) is 9.59 Å². The van der Waals surface area contributed by atoms with Gasteiger partial charge in [-0.15, -0.1) is 0 Å². The maximum Gasteiger partial charge on any atom is 0.306 e. The highest BCUT2D eigenvalue weighted by atomic mass is 16.5. The summed E-state index contributed by atoms with van der Waals surface area (Å²) in [6.45, 7) is 2.14. The van der Waals surface area contributed by atoms with Crippen LogP contribution in [0.15, 0.2) is 30.3 Å². The minimum Gasteiger partial charge on any atom is -0.481 e. The van der Waals surface area contributed by atoms with Gasteiger partial charge in [-0.2, -0.15) is 0 Å². The Bertz CT molecular complexity index is 393. The van der Waals surface area contributed by atoms with Gasteiger partial charge in [0, 0.05) is 6.54 Å². The number of nitrogens with one attached hydrogen (secondary N) is 1. The third kappa shape index (κ3) is 4.97. The lowest BCUT2D eigenvalue weighted by Crippen LogP contribution is -2.41. The molecule has 1 aromatic rings. The molecule has 0 spiro atoms. The number of hydrogen-bond acceptors (Lipinski definition) is 3. The lowest BCUT2D eigenvalue weighted by molar-refractivity contribution is -0.145. The van der Waals surface area contributed by atoms with Crippen molar-refractivity contribution >= 4 is 12.4 Å². The van der Waals surface area contributed by atoms with E-state index in [0.29, 0.717) is 13.0 Å². The molecule has 0 bridgehead atoms. The smallest absolute Gasteiger partial charge is 0.306 e. The predicted molar refractivity (Wildman–Crippen MR) is 66.0 cm³/mol. The van der Waals surface area contributed by atoms with Crippen molar-refractivity contribution in [1.82, 2.24) is 5.32 Å². The highest BCUT2D eigenvalue weighted by Gasteiger charge is 2.28. The number of benzene rings is 1. The highest BCUT2D eigenvalue weighted by molar-refractivity contribution is 5.68. The van der Waals surface area contributed by atoms with E-state index in [-0.39, 0.29) is 13.0 Å². The van der Waals surface area contributed by atoms with Gasteiger partial charge in [0.25, 0.3) is 0 Å². The quantitative estimate of drug-likeness (QED) is 0.680. The van der Waals surface area contributed by atoms with Crippen LogP contribution in [0.3, 0.4) is 0 Å². The molecule has 1 atom stereocenters. The Kier molecular flexibility index (Phi) is 5.32. The summed E-state index contributed by atoms with van der Waals surface area (Å²) >= 11 is 0. The Morgan fingerprint density at radius 1 is 1.44 bits per heavy atom. The van der Waals surface area contributed by atoms with Crippen LogP contribution in [0.4, 0.5) is 0 Å². The van der Waals surface area contributed by atoms with E-state index < -0.39 is 11.6 Å². The number of carboxylic acids is 1. The third-order valence-corrected chi connectivity index (χ3v) is 2.51. The van der Waals surface area contributed by atoms with Crippen molar-refractivity contribution in [3.63, 3.8) is 0 Å². The molecule has 1 amide bonds. The fraction of sp³-hybridized carbons (Fsp3) is 0.385. The summed E-state index contributed by atoms with van der Waals surface area (Å²) in [7, 11) is 0. The van der Waals surface area contributed by atoms with Crippen molar-refractivity contribution in [3.05, 3.63) is 35.9 Å². The van der Waals surface area contributed by atoms with Gasteiger partial charge < -0.3 is 15.2 Å². The van der Waals surface area contributed by atoms with Crippen molar-refractivity contribution in [2.45, 2.75) is 25.6 Å². The minimum absolute atomic E-state index is 0.162. The number of carboxylic acid groups (broad SMARTS) is 1. The summed E-state index contributed by atoms with van der Waals surface area (Å²) in [5.74, 6) is -0.960. The zero-order chi connectivity index (χ0) is 13.4. The summed E-state index contributed by atoms with van der Waals surface area (Å²) in [4.78, 5) is 21.1. The van der Waals surface area contributed by atoms with Gasteiger partial charge >= 0.3 is 5.97 Å². The summed E-state index contributed by atoms with van der Waals surface area (Å²) in [6, 6.07) is 9.46. The van der Waals surface area contributed by atoms with E-state index >= 15 is 0 Å². The van der Waals surface area contributed by atoms with E-state index in [2.05, 4.69) is 5.32 Å². The average Bonchev–Trinajstić information content (AvgIpc) is 2.35. The van der Waals surface area contributed by atoms with Gasteiger partial charge in [0.15, 0.2) is 0 Å². The molecule has 0 aromatic heterocycles. The SMILES string of the molecule is CC(CNC=O)(CC(=O)O)OCc1ccccc1. The first-order valence-electron chi connectivity index (χ1n) is 5.62. The van der Waals surface area contributed by atoms with Crippen LogP contribution >= 0.6 is 0 Å². The van der Waals surface area contributed by atoms with E-state index in [9.17, 15) is 9.59 Å². The minimum atomic E-state index is -0.960. The molecule has 0 radical (unpaired) electrons. The molecule has 0 aliphatic heterocycles. The molecule has 1 rings (SSSR count). The third-order valence-electron chi connectivity index (χ3n) is 2.51. The molecular formula is C13H17NO4. The second-order valence-corrected chi connectivity index (χ2v) is 4.29. The lowest BCUT2D eigenvalue weighted by Gasteiger charge is -2.28. The molecule has 0 saturated carbocycles.